The molecule has 0 spiro atoms. The van der Waals surface area contributed by atoms with Gasteiger partial charge < -0.3 is 5.32 Å². The molecule has 1 unspecified atom stereocenters. The smallest absolute Gasteiger partial charge is 0.256 e. The van der Waals surface area contributed by atoms with Crippen molar-refractivity contribution in [3.05, 3.63) is 95.4 Å². The number of sulfone groups is 1. The van der Waals surface area contributed by atoms with E-state index >= 15 is 0 Å². The van der Waals surface area contributed by atoms with E-state index in [0.29, 0.717) is 45.7 Å². The van der Waals surface area contributed by atoms with Crippen LogP contribution in [-0.4, -0.2) is 45.6 Å². The SMILES string of the molecule is Cc1ccc2nc(-c3ccc(NC(=O)c4cc(-c5ccc(F)cc5)nc5c4c(C)nn5C4CCS(=O)(=O)C4)cc3)sc2c1. The average Bonchev–Trinajstić information content (AvgIpc) is 3.67. The van der Waals surface area contributed by atoms with Gasteiger partial charge in [-0.2, -0.15) is 5.10 Å². The third kappa shape index (κ3) is 5.19. The number of halogens is 1. The third-order valence-corrected chi connectivity index (χ3v) is 10.5. The molecule has 1 aliphatic heterocycles. The molecule has 1 atom stereocenters. The summed E-state index contributed by atoms with van der Waals surface area (Å²) < 4.78 is 41.0. The Balaban J connectivity index is 1.25. The number of pyridine rings is 1. The van der Waals surface area contributed by atoms with Crippen molar-refractivity contribution in [1.82, 2.24) is 19.7 Å². The Bertz CT molecular complexity index is 2150. The number of aromatic nitrogens is 4. The van der Waals surface area contributed by atoms with Crippen LogP contribution in [0.2, 0.25) is 0 Å². The molecule has 7 rings (SSSR count). The summed E-state index contributed by atoms with van der Waals surface area (Å²) in [6.45, 7) is 3.84. The maximum atomic E-state index is 13.8. The van der Waals surface area contributed by atoms with E-state index in [4.69, 9.17) is 9.97 Å². The highest BCUT2D eigenvalue weighted by atomic mass is 32.2. The number of thiazole rings is 1. The third-order valence-electron chi connectivity index (χ3n) is 7.71. The Labute approximate surface area is 251 Å². The minimum atomic E-state index is -3.18. The summed E-state index contributed by atoms with van der Waals surface area (Å²) in [7, 11) is -3.18. The number of hydrogen-bond donors (Lipinski definition) is 1. The maximum Gasteiger partial charge on any atom is 0.256 e. The second-order valence-corrected chi connectivity index (χ2v) is 14.1. The second-order valence-electron chi connectivity index (χ2n) is 10.9. The number of benzene rings is 3. The summed E-state index contributed by atoms with van der Waals surface area (Å²) in [5.41, 5.74) is 6.11. The van der Waals surface area contributed by atoms with Crippen LogP contribution in [0.25, 0.3) is 43.1 Å². The summed E-state index contributed by atoms with van der Waals surface area (Å²) in [6, 6.07) is 20.9. The first kappa shape index (κ1) is 27.4. The van der Waals surface area contributed by atoms with E-state index < -0.39 is 9.84 Å². The first-order valence-electron chi connectivity index (χ1n) is 13.8. The summed E-state index contributed by atoms with van der Waals surface area (Å²) in [5.74, 6) is -0.700. The Morgan fingerprint density at radius 3 is 2.44 bits per heavy atom. The second kappa shape index (κ2) is 10.4. The van der Waals surface area contributed by atoms with Crippen LogP contribution in [0.4, 0.5) is 10.1 Å². The minimum absolute atomic E-state index is 0.0339. The molecule has 1 amide bonds. The molecule has 1 fully saturated rings. The maximum absolute atomic E-state index is 13.8. The van der Waals surface area contributed by atoms with E-state index in [-0.39, 0.29) is 29.3 Å². The summed E-state index contributed by atoms with van der Waals surface area (Å²) in [5, 5.41) is 9.09. The van der Waals surface area contributed by atoms with Crippen LogP contribution in [0.1, 0.15) is 34.1 Å². The van der Waals surface area contributed by atoms with Crippen molar-refractivity contribution >= 4 is 54.0 Å². The lowest BCUT2D eigenvalue weighted by Crippen LogP contribution is -2.15. The molecule has 216 valence electrons. The van der Waals surface area contributed by atoms with Crippen molar-refractivity contribution in [2.24, 2.45) is 0 Å². The van der Waals surface area contributed by atoms with Crippen LogP contribution >= 0.6 is 11.3 Å². The molecular formula is C32H26FN5O3S2. The number of fused-ring (bicyclic) bond motifs is 2. The molecule has 1 aliphatic rings. The van der Waals surface area contributed by atoms with Gasteiger partial charge in [-0.15, -0.1) is 11.3 Å². The zero-order valence-electron chi connectivity index (χ0n) is 23.3. The number of anilines is 1. The van der Waals surface area contributed by atoms with Gasteiger partial charge in [0.2, 0.25) is 0 Å². The monoisotopic (exact) mass is 611 g/mol. The van der Waals surface area contributed by atoms with Gasteiger partial charge in [-0.1, -0.05) is 6.07 Å². The van der Waals surface area contributed by atoms with E-state index in [9.17, 15) is 17.6 Å². The first-order chi connectivity index (χ1) is 20.6. The van der Waals surface area contributed by atoms with Crippen LogP contribution in [0.5, 0.6) is 0 Å². The Morgan fingerprint density at radius 2 is 1.72 bits per heavy atom. The quantitative estimate of drug-likeness (QED) is 0.231. The lowest BCUT2D eigenvalue weighted by molar-refractivity contribution is 0.102. The van der Waals surface area contributed by atoms with Crippen LogP contribution < -0.4 is 5.32 Å². The van der Waals surface area contributed by atoms with Crippen LogP contribution in [0.3, 0.4) is 0 Å². The van der Waals surface area contributed by atoms with Crippen molar-refractivity contribution in [1.29, 1.82) is 0 Å². The van der Waals surface area contributed by atoms with Crippen molar-refractivity contribution < 1.29 is 17.6 Å². The molecule has 3 aromatic heterocycles. The lowest BCUT2D eigenvalue weighted by atomic mass is 10.0. The van der Waals surface area contributed by atoms with Crippen molar-refractivity contribution in [2.45, 2.75) is 26.3 Å². The van der Waals surface area contributed by atoms with Gasteiger partial charge in [-0.25, -0.2) is 27.5 Å². The van der Waals surface area contributed by atoms with E-state index in [1.807, 2.05) is 36.4 Å². The van der Waals surface area contributed by atoms with Gasteiger partial charge in [0.1, 0.15) is 10.8 Å². The predicted molar refractivity (Wildman–Crippen MR) is 168 cm³/mol. The standard InChI is InChI=1S/C32H26FN5O3S2/c1-18-3-12-26-28(15-18)42-32(36-26)21-6-10-23(11-7-21)34-31(39)25-16-27(20-4-8-22(33)9-5-20)35-30-29(25)19(2)37-38(30)24-13-14-43(40,41)17-24/h3-12,15-16,24H,13-14,17H2,1-2H3,(H,34,39). The van der Waals surface area contributed by atoms with Gasteiger partial charge in [0.05, 0.1) is 50.1 Å². The summed E-state index contributed by atoms with van der Waals surface area (Å²) in [6.07, 6.45) is 0.420. The zero-order chi connectivity index (χ0) is 29.9. The van der Waals surface area contributed by atoms with E-state index in [1.54, 1.807) is 41.1 Å². The van der Waals surface area contributed by atoms with E-state index in [1.165, 1.54) is 17.7 Å². The molecule has 4 heterocycles. The van der Waals surface area contributed by atoms with E-state index in [2.05, 4.69) is 23.4 Å². The van der Waals surface area contributed by atoms with Gasteiger partial charge in [0, 0.05) is 16.8 Å². The van der Waals surface area contributed by atoms with Crippen LogP contribution in [0.15, 0.2) is 72.8 Å². The number of carbonyl (C=O) groups is 1. The molecule has 0 radical (unpaired) electrons. The molecule has 0 aliphatic carbocycles. The van der Waals surface area contributed by atoms with Gasteiger partial charge >= 0.3 is 0 Å². The highest BCUT2D eigenvalue weighted by Gasteiger charge is 2.32. The molecule has 0 saturated carbocycles. The number of nitrogens with one attached hydrogen (secondary N) is 1. The number of carbonyl (C=O) groups excluding carboxylic acids is 1. The Morgan fingerprint density at radius 1 is 0.977 bits per heavy atom. The number of rotatable bonds is 5. The summed E-state index contributed by atoms with van der Waals surface area (Å²) >= 11 is 1.62. The van der Waals surface area contributed by atoms with Gasteiger partial charge in [-0.3, -0.25) is 4.79 Å². The molecule has 11 heteroatoms. The van der Waals surface area contributed by atoms with Crippen LogP contribution in [0, 0.1) is 19.7 Å². The number of hydrogen-bond acceptors (Lipinski definition) is 7. The fourth-order valence-corrected chi connectivity index (χ4v) is 8.29. The van der Waals surface area contributed by atoms with Crippen molar-refractivity contribution in [2.75, 3.05) is 16.8 Å². The average molecular weight is 612 g/mol. The largest absolute Gasteiger partial charge is 0.322 e. The predicted octanol–water partition coefficient (Wildman–Crippen LogP) is 6.74. The van der Waals surface area contributed by atoms with Gasteiger partial charge in [0.25, 0.3) is 5.91 Å². The molecule has 8 nitrogen and oxygen atoms in total. The minimum Gasteiger partial charge on any atom is -0.322 e. The lowest BCUT2D eigenvalue weighted by Gasteiger charge is -2.12. The number of nitrogens with zero attached hydrogens (tertiary/aromatic N) is 4. The number of amides is 1. The Hall–Kier alpha value is -4.48. The fraction of sp³-hybridized carbons (Fsp3) is 0.188. The normalized spacial score (nSPS) is 16.2. The fourth-order valence-electron chi connectivity index (χ4n) is 5.53. The first-order valence-corrected chi connectivity index (χ1v) is 16.4. The molecule has 0 bridgehead atoms. The molecular weight excluding hydrogens is 586 g/mol. The molecule has 6 aromatic rings. The van der Waals surface area contributed by atoms with Crippen molar-refractivity contribution in [3.8, 4) is 21.8 Å². The van der Waals surface area contributed by atoms with Gasteiger partial charge in [0.15, 0.2) is 15.5 Å². The highest BCUT2D eigenvalue weighted by Crippen LogP contribution is 2.34. The molecule has 3 aromatic carbocycles. The number of aryl methyl sites for hydroxylation is 2. The molecule has 43 heavy (non-hydrogen) atoms. The molecule has 1 saturated heterocycles. The van der Waals surface area contributed by atoms with Gasteiger partial charge in [-0.05, 0) is 92.6 Å². The highest BCUT2D eigenvalue weighted by molar-refractivity contribution is 7.91. The zero-order valence-corrected chi connectivity index (χ0v) is 25.0. The van der Waals surface area contributed by atoms with E-state index in [0.717, 1.165) is 20.8 Å². The van der Waals surface area contributed by atoms with Crippen LogP contribution in [-0.2, 0) is 9.84 Å². The van der Waals surface area contributed by atoms with Crippen molar-refractivity contribution in [3.63, 3.8) is 0 Å². The Kier molecular flexibility index (Phi) is 6.59. The molecule has 1 N–H and O–H groups in total. The topological polar surface area (TPSA) is 107 Å². The summed E-state index contributed by atoms with van der Waals surface area (Å²) in [4.78, 5) is 23.4.